The van der Waals surface area contributed by atoms with Gasteiger partial charge in [-0.15, -0.1) is 0 Å². The Morgan fingerprint density at radius 3 is 2.71 bits per heavy atom. The molecule has 3 aromatic heterocycles. The summed E-state index contributed by atoms with van der Waals surface area (Å²) in [4.78, 5) is 37.4. The van der Waals surface area contributed by atoms with Crippen LogP contribution in [0.3, 0.4) is 0 Å². The number of hydrogen-bond donors (Lipinski definition) is 1. The highest BCUT2D eigenvalue weighted by atomic mass is 16.5. The topological polar surface area (TPSA) is 121 Å². The van der Waals surface area contributed by atoms with E-state index < -0.39 is 11.5 Å². The lowest BCUT2D eigenvalue weighted by atomic mass is 10.1. The smallest absolute Gasteiger partial charge is 0.349 e. The van der Waals surface area contributed by atoms with Gasteiger partial charge in [-0.2, -0.15) is 0 Å². The number of hydrogen-bond acceptors (Lipinski definition) is 8. The van der Waals surface area contributed by atoms with Crippen LogP contribution in [0.1, 0.15) is 10.4 Å². The fourth-order valence-corrected chi connectivity index (χ4v) is 3.28. The molecule has 3 heterocycles. The van der Waals surface area contributed by atoms with Crippen LogP contribution in [0.2, 0.25) is 0 Å². The van der Waals surface area contributed by atoms with Crippen molar-refractivity contribution in [1.82, 2.24) is 19.5 Å². The van der Waals surface area contributed by atoms with E-state index in [0.717, 1.165) is 0 Å². The molecular formula is C24H17N5O5. The Bertz CT molecular complexity index is 1530. The van der Waals surface area contributed by atoms with Gasteiger partial charge in [0, 0.05) is 29.5 Å². The first kappa shape index (κ1) is 20.9. The van der Waals surface area contributed by atoms with E-state index in [4.69, 9.17) is 13.9 Å². The number of carbonyl (C=O) groups excluding carboxylic acids is 1. The van der Waals surface area contributed by atoms with E-state index >= 15 is 0 Å². The first-order chi connectivity index (χ1) is 16.6. The second kappa shape index (κ2) is 8.87. The quantitative estimate of drug-likeness (QED) is 0.384. The van der Waals surface area contributed by atoms with Crippen molar-refractivity contribution in [3.63, 3.8) is 0 Å². The molecule has 0 fully saturated rings. The Kier molecular flexibility index (Phi) is 5.45. The fourth-order valence-electron chi connectivity index (χ4n) is 3.28. The van der Waals surface area contributed by atoms with Crippen LogP contribution in [0.15, 0.2) is 88.9 Å². The van der Waals surface area contributed by atoms with E-state index in [9.17, 15) is 9.59 Å². The second-order valence-corrected chi connectivity index (χ2v) is 7.09. The summed E-state index contributed by atoms with van der Waals surface area (Å²) in [5, 5.41) is 3.27. The molecule has 168 valence electrons. The molecule has 10 heteroatoms. The maximum absolute atomic E-state index is 12.7. The van der Waals surface area contributed by atoms with Gasteiger partial charge in [-0.05, 0) is 36.4 Å². The minimum atomic E-state index is -0.757. The third-order valence-electron chi connectivity index (χ3n) is 4.92. The number of fused-ring (bicyclic) bond motifs is 1. The molecule has 1 N–H and O–H groups in total. The largest absolute Gasteiger partial charge is 0.493 e. The third-order valence-corrected chi connectivity index (χ3v) is 4.92. The Labute approximate surface area is 192 Å². The summed E-state index contributed by atoms with van der Waals surface area (Å²) in [6.45, 7) is 0. The van der Waals surface area contributed by atoms with Gasteiger partial charge in [0.25, 0.3) is 5.91 Å². The van der Waals surface area contributed by atoms with Crippen molar-refractivity contribution in [2.24, 2.45) is 0 Å². The number of imidazole rings is 1. The predicted molar refractivity (Wildman–Crippen MR) is 123 cm³/mol. The molecule has 34 heavy (non-hydrogen) atoms. The Morgan fingerprint density at radius 2 is 1.94 bits per heavy atom. The maximum atomic E-state index is 12.7. The Hall–Kier alpha value is -4.99. The minimum absolute atomic E-state index is 0.117. The van der Waals surface area contributed by atoms with Gasteiger partial charge in [-0.25, -0.2) is 19.7 Å². The van der Waals surface area contributed by atoms with Crippen molar-refractivity contribution < 1.29 is 18.7 Å². The zero-order valence-corrected chi connectivity index (χ0v) is 17.8. The molecule has 10 nitrogen and oxygen atoms in total. The van der Waals surface area contributed by atoms with Gasteiger partial charge in [0.15, 0.2) is 11.3 Å². The number of nitrogens with zero attached hydrogens (tertiary/aromatic N) is 4. The average molecular weight is 455 g/mol. The van der Waals surface area contributed by atoms with Crippen molar-refractivity contribution in [2.75, 3.05) is 12.4 Å². The van der Waals surface area contributed by atoms with Crippen LogP contribution in [0, 0.1) is 0 Å². The molecular weight excluding hydrogens is 438 g/mol. The molecule has 0 aliphatic carbocycles. The molecule has 5 rings (SSSR count). The Morgan fingerprint density at radius 1 is 1.09 bits per heavy atom. The second-order valence-electron chi connectivity index (χ2n) is 7.09. The van der Waals surface area contributed by atoms with Gasteiger partial charge in [0.1, 0.15) is 29.8 Å². The molecule has 0 unspecified atom stereocenters. The van der Waals surface area contributed by atoms with E-state index in [-0.39, 0.29) is 11.1 Å². The monoisotopic (exact) mass is 455 g/mol. The first-order valence-electron chi connectivity index (χ1n) is 10.1. The number of anilines is 1. The molecule has 0 bridgehead atoms. The van der Waals surface area contributed by atoms with Crippen LogP contribution < -0.4 is 20.4 Å². The lowest BCUT2D eigenvalue weighted by molar-refractivity contribution is 0.102. The van der Waals surface area contributed by atoms with Gasteiger partial charge < -0.3 is 19.2 Å². The number of ether oxygens (including phenoxy) is 2. The van der Waals surface area contributed by atoms with Crippen LogP contribution >= 0.6 is 0 Å². The molecule has 0 spiro atoms. The van der Waals surface area contributed by atoms with E-state index in [2.05, 4.69) is 20.3 Å². The lowest BCUT2D eigenvalue weighted by Gasteiger charge is -2.09. The molecule has 0 atom stereocenters. The van der Waals surface area contributed by atoms with Crippen molar-refractivity contribution >= 4 is 22.6 Å². The van der Waals surface area contributed by atoms with Crippen molar-refractivity contribution in [3.8, 4) is 23.2 Å². The van der Waals surface area contributed by atoms with E-state index in [0.29, 0.717) is 34.3 Å². The summed E-state index contributed by atoms with van der Waals surface area (Å²) in [7, 11) is 1.48. The minimum Gasteiger partial charge on any atom is -0.493 e. The third kappa shape index (κ3) is 4.19. The van der Waals surface area contributed by atoms with Gasteiger partial charge in [-0.1, -0.05) is 12.1 Å². The van der Waals surface area contributed by atoms with E-state index in [1.807, 2.05) is 0 Å². The highest BCUT2D eigenvalue weighted by Crippen LogP contribution is 2.25. The molecule has 0 aliphatic rings. The SMILES string of the molecule is COc1cccc2cc(C(=O)Nc3ccc(Oc4cc(-n5ccnc5)ncn4)cc3)c(=O)oc12. The number of para-hydroxylation sites is 1. The molecule has 0 saturated carbocycles. The fraction of sp³-hybridized carbons (Fsp3) is 0.0417. The number of methoxy groups -OCH3 is 1. The summed E-state index contributed by atoms with van der Waals surface area (Å²) in [6, 6.07) is 14.9. The molecule has 1 amide bonds. The van der Waals surface area contributed by atoms with Crippen LogP contribution in [-0.2, 0) is 0 Å². The van der Waals surface area contributed by atoms with Gasteiger partial charge in [-0.3, -0.25) is 9.36 Å². The molecule has 5 aromatic rings. The van der Waals surface area contributed by atoms with E-state index in [1.165, 1.54) is 19.5 Å². The van der Waals surface area contributed by atoms with Gasteiger partial charge in [0.05, 0.1) is 7.11 Å². The van der Waals surface area contributed by atoms with Crippen LogP contribution in [-0.4, -0.2) is 32.5 Å². The maximum Gasteiger partial charge on any atom is 0.349 e. The normalized spacial score (nSPS) is 10.7. The molecule has 2 aromatic carbocycles. The summed E-state index contributed by atoms with van der Waals surface area (Å²) >= 11 is 0. The predicted octanol–water partition coefficient (Wildman–Crippen LogP) is 3.82. The standard InChI is InChI=1S/C24H17N5O5/c1-32-19-4-2-3-15-11-18(24(31)34-22(15)19)23(30)28-16-5-7-17(8-6-16)33-21-12-20(26-13-27-21)29-10-9-25-14-29/h2-14H,1H3,(H,28,30). The summed E-state index contributed by atoms with van der Waals surface area (Å²) in [5.74, 6) is 1.29. The number of aromatic nitrogens is 4. The van der Waals surface area contributed by atoms with E-state index in [1.54, 1.807) is 71.8 Å². The average Bonchev–Trinajstić information content (AvgIpc) is 3.40. The zero-order chi connectivity index (χ0) is 23.5. The molecule has 0 aliphatic heterocycles. The molecule has 0 saturated heterocycles. The zero-order valence-electron chi connectivity index (χ0n) is 17.8. The number of carbonyl (C=O) groups is 1. The van der Waals surface area contributed by atoms with Crippen LogP contribution in [0.5, 0.6) is 17.4 Å². The number of nitrogens with one attached hydrogen (secondary N) is 1. The lowest BCUT2D eigenvalue weighted by Crippen LogP contribution is -2.20. The number of rotatable bonds is 6. The van der Waals surface area contributed by atoms with Crippen molar-refractivity contribution in [2.45, 2.75) is 0 Å². The summed E-state index contributed by atoms with van der Waals surface area (Å²) < 4.78 is 18.0. The van der Waals surface area contributed by atoms with Gasteiger partial charge >= 0.3 is 5.63 Å². The summed E-state index contributed by atoms with van der Waals surface area (Å²) in [5.41, 5.74) is -0.112. The highest BCUT2D eigenvalue weighted by Gasteiger charge is 2.16. The van der Waals surface area contributed by atoms with Gasteiger partial charge in [0.2, 0.25) is 5.88 Å². The first-order valence-corrected chi connectivity index (χ1v) is 10.1. The summed E-state index contributed by atoms with van der Waals surface area (Å²) in [6.07, 6.45) is 6.42. The highest BCUT2D eigenvalue weighted by molar-refractivity contribution is 6.05. The van der Waals surface area contributed by atoms with Crippen LogP contribution in [0.4, 0.5) is 5.69 Å². The van der Waals surface area contributed by atoms with Crippen LogP contribution in [0.25, 0.3) is 16.8 Å². The molecule has 0 radical (unpaired) electrons. The number of amides is 1. The number of benzene rings is 2. The Balaban J connectivity index is 1.31. The van der Waals surface area contributed by atoms with Crippen molar-refractivity contribution in [1.29, 1.82) is 0 Å². The van der Waals surface area contributed by atoms with Crippen molar-refractivity contribution in [3.05, 3.63) is 95.6 Å².